The molecule has 1 rings (SSSR count). The van der Waals surface area contributed by atoms with Crippen LogP contribution in [-0.2, 0) is 4.79 Å². The van der Waals surface area contributed by atoms with Crippen LogP contribution in [-0.4, -0.2) is 21.6 Å². The number of carbonyl (C=O) groups excluding carboxylic acids is 1. The Labute approximate surface area is 160 Å². The Morgan fingerprint density at radius 2 is 1.23 bits per heavy atom. The van der Waals surface area contributed by atoms with Crippen LogP contribution >= 0.6 is 0 Å². The van der Waals surface area contributed by atoms with Gasteiger partial charge in [-0.1, -0.05) is 62.3 Å². The summed E-state index contributed by atoms with van der Waals surface area (Å²) in [6.45, 7) is 22.9. The Bertz CT molecular complexity index is 605. The van der Waals surface area contributed by atoms with Crippen molar-refractivity contribution >= 4 is 5.78 Å². The minimum atomic E-state index is -0.405. The summed E-state index contributed by atoms with van der Waals surface area (Å²) < 4.78 is 0. The molecule has 1 N–H and O–H groups in total. The Hall–Kier alpha value is -1.35. The van der Waals surface area contributed by atoms with Gasteiger partial charge in [-0.2, -0.15) is 0 Å². The molecule has 0 aromatic carbocycles. The third kappa shape index (κ3) is 5.84. The van der Waals surface area contributed by atoms with Crippen molar-refractivity contribution in [3.8, 4) is 0 Å². The topological polar surface area (TPSA) is 40.5 Å². The monoisotopic (exact) mass is 361 g/mol. The summed E-state index contributed by atoms with van der Waals surface area (Å²) in [6, 6.07) is 0. The SMILES string of the molecule is CC(C)(C)CC(C)(C)N(O)C=C1C=C(C(C)(C)C)C(=O)C(C(C)(C)C)=C1. The van der Waals surface area contributed by atoms with Gasteiger partial charge in [-0.3, -0.25) is 15.1 Å². The Morgan fingerprint density at radius 1 is 0.846 bits per heavy atom. The third-order valence-corrected chi connectivity index (χ3v) is 4.58. The van der Waals surface area contributed by atoms with Gasteiger partial charge in [-0.15, -0.1) is 0 Å². The fourth-order valence-corrected chi connectivity index (χ4v) is 3.53. The molecule has 0 spiro atoms. The first-order chi connectivity index (χ1) is 11.3. The predicted molar refractivity (Wildman–Crippen MR) is 110 cm³/mol. The first-order valence-electron chi connectivity index (χ1n) is 9.54. The van der Waals surface area contributed by atoms with Gasteiger partial charge in [-0.05, 0) is 54.2 Å². The van der Waals surface area contributed by atoms with Crippen LogP contribution in [0.2, 0.25) is 0 Å². The van der Waals surface area contributed by atoms with Crippen LogP contribution in [0.4, 0.5) is 0 Å². The first kappa shape index (κ1) is 22.7. The maximum Gasteiger partial charge on any atom is 0.186 e. The highest BCUT2D eigenvalue weighted by molar-refractivity contribution is 6.11. The number of hydroxylamine groups is 2. The number of nitrogens with zero attached hydrogens (tertiary/aromatic N) is 1. The highest BCUT2D eigenvalue weighted by Gasteiger charge is 2.35. The van der Waals surface area contributed by atoms with Crippen molar-refractivity contribution in [1.29, 1.82) is 0 Å². The molecule has 0 atom stereocenters. The number of carbonyl (C=O) groups is 1. The summed E-state index contributed by atoms with van der Waals surface area (Å²) in [6.07, 6.45) is 6.45. The lowest BCUT2D eigenvalue weighted by Crippen LogP contribution is -2.41. The minimum Gasteiger partial charge on any atom is -0.289 e. The van der Waals surface area contributed by atoms with E-state index in [0.717, 1.165) is 23.1 Å². The Balaban J connectivity index is 3.38. The molecule has 3 nitrogen and oxygen atoms in total. The van der Waals surface area contributed by atoms with Gasteiger partial charge in [0, 0.05) is 17.3 Å². The highest BCUT2D eigenvalue weighted by atomic mass is 16.5. The lowest BCUT2D eigenvalue weighted by molar-refractivity contribution is -0.129. The van der Waals surface area contributed by atoms with Crippen molar-refractivity contribution in [2.45, 2.75) is 88.1 Å². The maximum absolute atomic E-state index is 13.0. The number of hydrogen-bond donors (Lipinski definition) is 1. The van der Waals surface area contributed by atoms with Crippen LogP contribution in [0.5, 0.6) is 0 Å². The second kappa shape index (κ2) is 6.99. The van der Waals surface area contributed by atoms with E-state index < -0.39 is 5.54 Å². The lowest BCUT2D eigenvalue weighted by Gasteiger charge is -2.38. The molecule has 0 aromatic heterocycles. The van der Waals surface area contributed by atoms with E-state index in [1.54, 1.807) is 6.20 Å². The summed E-state index contributed by atoms with van der Waals surface area (Å²) in [7, 11) is 0. The zero-order valence-electron chi connectivity index (χ0n) is 18.7. The van der Waals surface area contributed by atoms with Crippen LogP contribution in [0.3, 0.4) is 0 Å². The number of hydrogen-bond acceptors (Lipinski definition) is 3. The standard InChI is InChI=1S/C23H39NO2/c1-20(2,3)15-23(10,11)24(26)14-16-12-17(21(4,5)6)19(25)18(13-16)22(7,8)9/h12-14,26H,15H2,1-11H3. The minimum absolute atomic E-state index is 0.102. The molecule has 0 saturated carbocycles. The van der Waals surface area contributed by atoms with E-state index in [1.807, 2.05) is 26.0 Å². The van der Waals surface area contributed by atoms with E-state index in [1.165, 1.54) is 5.06 Å². The lowest BCUT2D eigenvalue weighted by atomic mass is 9.72. The molecule has 0 heterocycles. The molecule has 0 amide bonds. The molecule has 0 radical (unpaired) electrons. The van der Waals surface area contributed by atoms with Gasteiger partial charge >= 0.3 is 0 Å². The third-order valence-electron chi connectivity index (χ3n) is 4.58. The van der Waals surface area contributed by atoms with Crippen LogP contribution in [0.1, 0.15) is 82.6 Å². The zero-order chi connectivity index (χ0) is 20.7. The van der Waals surface area contributed by atoms with Gasteiger partial charge in [0.1, 0.15) is 0 Å². The van der Waals surface area contributed by atoms with Gasteiger partial charge in [0.25, 0.3) is 0 Å². The molecule has 148 valence electrons. The molecule has 1 aliphatic rings. The van der Waals surface area contributed by atoms with Gasteiger partial charge in [-0.25, -0.2) is 0 Å². The van der Waals surface area contributed by atoms with Gasteiger partial charge in [0.05, 0.1) is 5.54 Å². The van der Waals surface area contributed by atoms with Crippen molar-refractivity contribution < 1.29 is 10.0 Å². The van der Waals surface area contributed by atoms with Gasteiger partial charge < -0.3 is 0 Å². The largest absolute Gasteiger partial charge is 0.289 e. The van der Waals surface area contributed by atoms with E-state index in [9.17, 15) is 10.0 Å². The van der Waals surface area contributed by atoms with E-state index >= 15 is 0 Å². The van der Waals surface area contributed by atoms with Crippen LogP contribution in [0.15, 0.2) is 35.1 Å². The molecule has 26 heavy (non-hydrogen) atoms. The van der Waals surface area contributed by atoms with E-state index in [-0.39, 0.29) is 22.0 Å². The van der Waals surface area contributed by atoms with E-state index in [2.05, 4.69) is 62.3 Å². The van der Waals surface area contributed by atoms with Crippen LogP contribution < -0.4 is 0 Å². The van der Waals surface area contributed by atoms with Crippen molar-refractivity contribution in [2.24, 2.45) is 16.2 Å². The quantitative estimate of drug-likeness (QED) is 0.599. The summed E-state index contributed by atoms with van der Waals surface area (Å²) in [5.74, 6) is 0.112. The second-order valence-corrected chi connectivity index (χ2v) is 11.5. The molecule has 0 bridgehead atoms. The molecule has 0 unspecified atom stereocenters. The number of ketones is 1. The summed E-state index contributed by atoms with van der Waals surface area (Å²) >= 11 is 0. The Kier molecular flexibility index (Phi) is 6.10. The zero-order valence-corrected chi connectivity index (χ0v) is 18.7. The van der Waals surface area contributed by atoms with E-state index in [0.29, 0.717) is 0 Å². The van der Waals surface area contributed by atoms with Crippen molar-refractivity contribution in [1.82, 2.24) is 5.06 Å². The number of rotatable bonds is 3. The average Bonchev–Trinajstić information content (AvgIpc) is 2.34. The highest BCUT2D eigenvalue weighted by Crippen LogP contribution is 2.39. The molecular formula is C23H39NO2. The van der Waals surface area contributed by atoms with Gasteiger partial charge in [0.2, 0.25) is 0 Å². The molecule has 0 fully saturated rings. The predicted octanol–water partition coefficient (Wildman–Crippen LogP) is 6.30. The van der Waals surface area contributed by atoms with E-state index in [4.69, 9.17) is 0 Å². The summed E-state index contributed by atoms with van der Waals surface area (Å²) in [5, 5.41) is 12.1. The molecule has 1 aliphatic carbocycles. The fraction of sp³-hybridized carbons (Fsp3) is 0.696. The van der Waals surface area contributed by atoms with Crippen LogP contribution in [0, 0.1) is 16.2 Å². The molecular weight excluding hydrogens is 322 g/mol. The summed E-state index contributed by atoms with van der Waals surface area (Å²) in [5.41, 5.74) is 1.65. The molecule has 0 aliphatic heterocycles. The normalized spacial score (nSPS) is 17.1. The number of allylic oxidation sites excluding steroid dienone is 5. The fourth-order valence-electron chi connectivity index (χ4n) is 3.53. The number of Topliss-reactive ketones (excluding diaryl/α,β-unsaturated/α-hetero) is 1. The van der Waals surface area contributed by atoms with Crippen LogP contribution in [0.25, 0.3) is 0 Å². The smallest absolute Gasteiger partial charge is 0.186 e. The molecule has 0 saturated heterocycles. The average molecular weight is 362 g/mol. The van der Waals surface area contributed by atoms with Gasteiger partial charge in [0.15, 0.2) is 5.78 Å². The first-order valence-corrected chi connectivity index (χ1v) is 9.54. The maximum atomic E-state index is 13.0. The van der Waals surface area contributed by atoms with Crippen molar-refractivity contribution in [3.63, 3.8) is 0 Å². The Morgan fingerprint density at radius 3 is 1.54 bits per heavy atom. The second-order valence-electron chi connectivity index (χ2n) is 11.5. The summed E-state index contributed by atoms with van der Waals surface area (Å²) in [4.78, 5) is 13.0. The molecule has 3 heteroatoms. The van der Waals surface area contributed by atoms with Crippen molar-refractivity contribution in [3.05, 3.63) is 35.1 Å². The molecule has 0 aromatic rings. The van der Waals surface area contributed by atoms with Crippen molar-refractivity contribution in [2.75, 3.05) is 0 Å².